The molecule has 2 heterocycles. The first-order valence-corrected chi connectivity index (χ1v) is 6.11. The van der Waals surface area contributed by atoms with Gasteiger partial charge in [-0.2, -0.15) is 0 Å². The zero-order chi connectivity index (χ0) is 12.3. The van der Waals surface area contributed by atoms with E-state index in [9.17, 15) is 9.90 Å². The quantitative estimate of drug-likeness (QED) is 0.645. The minimum absolute atomic E-state index is 0.00225. The van der Waals surface area contributed by atoms with Crippen LogP contribution in [0.5, 0.6) is 0 Å². The first-order valence-electron chi connectivity index (χ1n) is 6.11. The second-order valence-electron chi connectivity index (χ2n) is 4.50. The summed E-state index contributed by atoms with van der Waals surface area (Å²) >= 11 is 0. The second-order valence-corrected chi connectivity index (χ2v) is 4.50. The summed E-state index contributed by atoms with van der Waals surface area (Å²) in [6.07, 6.45) is 1.16. The Morgan fingerprint density at radius 2 is 2.29 bits per heavy atom. The van der Waals surface area contributed by atoms with Crippen LogP contribution in [0.3, 0.4) is 0 Å². The van der Waals surface area contributed by atoms with Gasteiger partial charge in [0.05, 0.1) is 32.0 Å². The Labute approximate surface area is 101 Å². The van der Waals surface area contributed by atoms with Gasteiger partial charge in [-0.25, -0.2) is 0 Å². The Morgan fingerprint density at radius 3 is 2.94 bits per heavy atom. The normalized spacial score (nSPS) is 34.0. The lowest BCUT2D eigenvalue weighted by Crippen LogP contribution is -2.53. The number of nitrogens with two attached hydrogens (primary N) is 1. The fourth-order valence-corrected chi connectivity index (χ4v) is 2.34. The number of hydrogen-bond acceptors (Lipinski definition) is 5. The fourth-order valence-electron chi connectivity index (χ4n) is 2.34. The molecule has 0 radical (unpaired) electrons. The van der Waals surface area contributed by atoms with Crippen molar-refractivity contribution in [2.45, 2.75) is 31.1 Å². The zero-order valence-corrected chi connectivity index (χ0v) is 9.88. The van der Waals surface area contributed by atoms with Crippen LogP contribution in [0.1, 0.15) is 12.8 Å². The van der Waals surface area contributed by atoms with Gasteiger partial charge >= 0.3 is 0 Å². The third-order valence-electron chi connectivity index (χ3n) is 3.37. The molecule has 3 unspecified atom stereocenters. The van der Waals surface area contributed by atoms with E-state index in [2.05, 4.69) is 0 Å². The van der Waals surface area contributed by atoms with Crippen molar-refractivity contribution in [3.8, 4) is 0 Å². The summed E-state index contributed by atoms with van der Waals surface area (Å²) in [7, 11) is 0. The number of rotatable bonds is 3. The van der Waals surface area contributed by atoms with Gasteiger partial charge in [0, 0.05) is 13.1 Å². The lowest BCUT2D eigenvalue weighted by molar-refractivity contribution is -0.153. The van der Waals surface area contributed by atoms with Crippen molar-refractivity contribution in [2.75, 3.05) is 32.9 Å². The van der Waals surface area contributed by atoms with Crippen LogP contribution < -0.4 is 5.73 Å². The minimum atomic E-state index is -0.393. The average molecular weight is 244 g/mol. The molecule has 2 aliphatic heterocycles. The van der Waals surface area contributed by atoms with Gasteiger partial charge in [0.2, 0.25) is 0 Å². The molecule has 2 aliphatic rings. The topological polar surface area (TPSA) is 85.0 Å². The van der Waals surface area contributed by atoms with Gasteiger partial charge in [-0.15, -0.1) is 0 Å². The number of ether oxygens (including phenoxy) is 2. The zero-order valence-electron chi connectivity index (χ0n) is 9.88. The van der Waals surface area contributed by atoms with Crippen LogP contribution in [-0.4, -0.2) is 67.1 Å². The molecule has 0 aromatic heterocycles. The van der Waals surface area contributed by atoms with Crippen LogP contribution in [0.4, 0.5) is 0 Å². The molecule has 2 fully saturated rings. The Bertz CT molecular complexity index is 274. The number of morpholine rings is 1. The Kier molecular flexibility index (Phi) is 4.33. The monoisotopic (exact) mass is 244 g/mol. The van der Waals surface area contributed by atoms with Gasteiger partial charge in [0.15, 0.2) is 0 Å². The highest BCUT2D eigenvalue weighted by molar-refractivity contribution is 5.81. The number of carbonyl (C=O) groups excluding carboxylic acids is 1. The largest absolute Gasteiger partial charge is 0.394 e. The standard InChI is InChI=1S/C11H20N2O4/c12-5-9-1-2-10(17-9)11(15)13-3-4-16-7-8(13)6-14/h8-10,14H,1-7,12H2. The predicted octanol–water partition coefficient (Wildman–Crippen LogP) is -1.29. The Balaban J connectivity index is 1.94. The van der Waals surface area contributed by atoms with Crippen molar-refractivity contribution < 1.29 is 19.4 Å². The minimum Gasteiger partial charge on any atom is -0.394 e. The summed E-state index contributed by atoms with van der Waals surface area (Å²) in [5.41, 5.74) is 5.52. The number of hydrogen-bond donors (Lipinski definition) is 2. The van der Waals surface area contributed by atoms with Gasteiger partial charge in [-0.1, -0.05) is 0 Å². The van der Waals surface area contributed by atoms with E-state index < -0.39 is 6.10 Å². The fraction of sp³-hybridized carbons (Fsp3) is 0.909. The van der Waals surface area contributed by atoms with Crippen LogP contribution >= 0.6 is 0 Å². The van der Waals surface area contributed by atoms with E-state index in [1.807, 2.05) is 0 Å². The molecule has 6 heteroatoms. The average Bonchev–Trinajstić information content (AvgIpc) is 2.86. The van der Waals surface area contributed by atoms with E-state index >= 15 is 0 Å². The van der Waals surface area contributed by atoms with Crippen molar-refractivity contribution in [3.05, 3.63) is 0 Å². The van der Waals surface area contributed by atoms with Gasteiger partial charge in [0.1, 0.15) is 6.10 Å². The number of aliphatic hydroxyl groups is 1. The molecule has 0 aromatic carbocycles. The summed E-state index contributed by atoms with van der Waals surface area (Å²) in [4.78, 5) is 13.9. The van der Waals surface area contributed by atoms with Crippen molar-refractivity contribution in [3.63, 3.8) is 0 Å². The first-order chi connectivity index (χ1) is 8.26. The molecule has 3 N–H and O–H groups in total. The maximum atomic E-state index is 12.2. The summed E-state index contributed by atoms with van der Waals surface area (Å²) in [6, 6.07) is -0.239. The van der Waals surface area contributed by atoms with E-state index in [1.54, 1.807) is 4.90 Å². The molecular weight excluding hydrogens is 224 g/mol. The van der Waals surface area contributed by atoms with Crippen LogP contribution in [0.15, 0.2) is 0 Å². The highest BCUT2D eigenvalue weighted by Gasteiger charge is 2.36. The molecule has 98 valence electrons. The SMILES string of the molecule is NCC1CCC(C(=O)N2CCOCC2CO)O1. The van der Waals surface area contributed by atoms with Gasteiger partial charge in [-0.05, 0) is 12.8 Å². The van der Waals surface area contributed by atoms with Crippen molar-refractivity contribution in [2.24, 2.45) is 5.73 Å². The van der Waals surface area contributed by atoms with Gasteiger partial charge in [-0.3, -0.25) is 4.79 Å². The van der Waals surface area contributed by atoms with Crippen LogP contribution in [-0.2, 0) is 14.3 Å². The third-order valence-corrected chi connectivity index (χ3v) is 3.37. The highest BCUT2D eigenvalue weighted by atomic mass is 16.5. The number of amides is 1. The van der Waals surface area contributed by atoms with Crippen molar-refractivity contribution in [1.82, 2.24) is 4.90 Å². The number of aliphatic hydroxyl groups excluding tert-OH is 1. The number of nitrogens with zero attached hydrogens (tertiary/aromatic N) is 1. The van der Waals surface area contributed by atoms with Gasteiger partial charge < -0.3 is 25.2 Å². The van der Waals surface area contributed by atoms with E-state index in [4.69, 9.17) is 15.2 Å². The molecule has 6 nitrogen and oxygen atoms in total. The van der Waals surface area contributed by atoms with Crippen LogP contribution in [0, 0.1) is 0 Å². The van der Waals surface area contributed by atoms with Gasteiger partial charge in [0.25, 0.3) is 5.91 Å². The molecule has 2 saturated heterocycles. The second kappa shape index (κ2) is 5.77. The maximum absolute atomic E-state index is 12.2. The van der Waals surface area contributed by atoms with E-state index in [0.717, 1.165) is 12.8 Å². The molecule has 1 amide bonds. The molecule has 0 bridgehead atoms. The van der Waals surface area contributed by atoms with E-state index in [0.29, 0.717) is 26.3 Å². The Morgan fingerprint density at radius 1 is 1.47 bits per heavy atom. The lowest BCUT2D eigenvalue weighted by Gasteiger charge is -2.35. The molecule has 2 rings (SSSR count). The smallest absolute Gasteiger partial charge is 0.252 e. The summed E-state index contributed by atoms with van der Waals surface area (Å²) in [5.74, 6) is -0.0386. The predicted molar refractivity (Wildman–Crippen MR) is 60.4 cm³/mol. The van der Waals surface area contributed by atoms with E-state index in [1.165, 1.54) is 0 Å². The van der Waals surface area contributed by atoms with Crippen LogP contribution in [0.25, 0.3) is 0 Å². The maximum Gasteiger partial charge on any atom is 0.252 e. The highest BCUT2D eigenvalue weighted by Crippen LogP contribution is 2.22. The molecule has 0 aliphatic carbocycles. The molecule has 3 atom stereocenters. The van der Waals surface area contributed by atoms with E-state index in [-0.39, 0.29) is 24.7 Å². The summed E-state index contributed by atoms with van der Waals surface area (Å²) in [6.45, 7) is 1.83. The molecule has 0 aromatic rings. The first kappa shape index (κ1) is 12.8. The molecule has 17 heavy (non-hydrogen) atoms. The number of carbonyl (C=O) groups is 1. The third kappa shape index (κ3) is 2.77. The van der Waals surface area contributed by atoms with Crippen LogP contribution in [0.2, 0.25) is 0 Å². The van der Waals surface area contributed by atoms with Crippen molar-refractivity contribution in [1.29, 1.82) is 0 Å². The summed E-state index contributed by atoms with van der Waals surface area (Å²) in [5, 5.41) is 9.22. The van der Waals surface area contributed by atoms with Crippen molar-refractivity contribution >= 4 is 5.91 Å². The molecule has 0 saturated carbocycles. The Hall–Kier alpha value is -0.690. The lowest BCUT2D eigenvalue weighted by atomic mass is 10.1. The summed E-state index contributed by atoms with van der Waals surface area (Å²) < 4.78 is 10.8. The molecular formula is C11H20N2O4. The molecule has 0 spiro atoms.